The molecule has 1 saturated carbocycles. The largest absolute Gasteiger partial charge is 0.396 e. The Kier molecular flexibility index (Phi) is 2.80. The number of hydrogen-bond acceptors (Lipinski definition) is 3. The highest BCUT2D eigenvalue weighted by atomic mass is 14.9. The Morgan fingerprint density at radius 3 is 2.53 bits per heavy atom. The van der Waals surface area contributed by atoms with E-state index in [1.807, 2.05) is 6.20 Å². The summed E-state index contributed by atoms with van der Waals surface area (Å²) in [6, 6.07) is 0. The molecule has 3 heteroatoms. The second-order valence-corrected chi connectivity index (χ2v) is 4.47. The van der Waals surface area contributed by atoms with Gasteiger partial charge in [0.2, 0.25) is 0 Å². The summed E-state index contributed by atoms with van der Waals surface area (Å²) in [4.78, 5) is 4.17. The number of rotatable bonds is 1. The van der Waals surface area contributed by atoms with Gasteiger partial charge in [0.05, 0.1) is 5.69 Å². The fourth-order valence-corrected chi connectivity index (χ4v) is 2.48. The molecule has 1 aromatic heterocycles. The van der Waals surface area contributed by atoms with Crippen LogP contribution in [-0.4, -0.2) is 4.98 Å². The first kappa shape index (κ1) is 10.3. The average Bonchev–Trinajstić information content (AvgIpc) is 2.27. The molecule has 2 rings (SSSR count). The normalized spacial score (nSPS) is 17.9. The lowest BCUT2D eigenvalue weighted by molar-refractivity contribution is 0.442. The zero-order chi connectivity index (χ0) is 10.8. The Balaban J connectivity index is 2.31. The molecule has 0 unspecified atom stereocenters. The van der Waals surface area contributed by atoms with Gasteiger partial charge < -0.3 is 11.5 Å². The van der Waals surface area contributed by atoms with E-state index in [-0.39, 0.29) is 0 Å². The fraction of sp³-hybridized carbons (Fsp3) is 0.583. The van der Waals surface area contributed by atoms with Crippen LogP contribution < -0.4 is 11.5 Å². The first-order chi connectivity index (χ1) is 7.20. The van der Waals surface area contributed by atoms with Crippen LogP contribution in [0.1, 0.15) is 49.1 Å². The van der Waals surface area contributed by atoms with Gasteiger partial charge in [0, 0.05) is 6.20 Å². The number of anilines is 2. The predicted molar refractivity (Wildman–Crippen MR) is 63.6 cm³/mol. The van der Waals surface area contributed by atoms with Crippen molar-refractivity contribution < 1.29 is 0 Å². The Labute approximate surface area is 90.9 Å². The van der Waals surface area contributed by atoms with E-state index >= 15 is 0 Å². The average molecular weight is 205 g/mol. The van der Waals surface area contributed by atoms with E-state index in [9.17, 15) is 0 Å². The molecule has 0 aromatic carbocycles. The van der Waals surface area contributed by atoms with Gasteiger partial charge in [-0.3, -0.25) is 0 Å². The molecule has 1 aliphatic carbocycles. The van der Waals surface area contributed by atoms with Crippen molar-refractivity contribution in [2.24, 2.45) is 0 Å². The van der Waals surface area contributed by atoms with E-state index in [1.54, 1.807) is 0 Å². The monoisotopic (exact) mass is 205 g/mol. The van der Waals surface area contributed by atoms with Crippen LogP contribution in [0.2, 0.25) is 0 Å². The smallest absolute Gasteiger partial charge is 0.146 e. The van der Waals surface area contributed by atoms with Gasteiger partial charge in [0.15, 0.2) is 0 Å². The first-order valence-electron chi connectivity index (χ1n) is 5.70. The summed E-state index contributed by atoms with van der Waals surface area (Å²) in [5.74, 6) is 1.11. The molecule has 82 valence electrons. The topological polar surface area (TPSA) is 64.9 Å². The van der Waals surface area contributed by atoms with Crippen molar-refractivity contribution in [3.05, 3.63) is 17.3 Å². The van der Waals surface area contributed by atoms with Gasteiger partial charge in [-0.1, -0.05) is 19.3 Å². The molecule has 1 aliphatic rings. The van der Waals surface area contributed by atoms with Crippen molar-refractivity contribution in [1.82, 2.24) is 4.98 Å². The SMILES string of the molecule is Cc1c(C2CCCCC2)cnc(N)c1N. The van der Waals surface area contributed by atoms with E-state index in [0.29, 0.717) is 17.4 Å². The minimum atomic E-state index is 0.465. The van der Waals surface area contributed by atoms with Gasteiger partial charge >= 0.3 is 0 Å². The van der Waals surface area contributed by atoms with Crippen LogP contribution in [0.4, 0.5) is 11.5 Å². The number of nitrogen functional groups attached to an aromatic ring is 2. The number of pyridine rings is 1. The summed E-state index contributed by atoms with van der Waals surface area (Å²) < 4.78 is 0. The van der Waals surface area contributed by atoms with Crippen molar-refractivity contribution >= 4 is 11.5 Å². The molecule has 0 radical (unpaired) electrons. The third-order valence-corrected chi connectivity index (χ3v) is 3.50. The number of hydrogen-bond donors (Lipinski definition) is 2. The summed E-state index contributed by atoms with van der Waals surface area (Å²) in [6.45, 7) is 2.05. The molecule has 0 bridgehead atoms. The van der Waals surface area contributed by atoms with Crippen LogP contribution in [0.5, 0.6) is 0 Å². The van der Waals surface area contributed by atoms with Crippen LogP contribution in [0, 0.1) is 6.92 Å². The molecule has 3 nitrogen and oxygen atoms in total. The fourth-order valence-electron chi connectivity index (χ4n) is 2.48. The lowest BCUT2D eigenvalue weighted by Crippen LogP contribution is -2.10. The number of aromatic nitrogens is 1. The quantitative estimate of drug-likeness (QED) is 0.740. The Morgan fingerprint density at radius 2 is 1.87 bits per heavy atom. The highest BCUT2D eigenvalue weighted by Crippen LogP contribution is 2.36. The molecule has 4 N–H and O–H groups in total. The van der Waals surface area contributed by atoms with Crippen molar-refractivity contribution in [2.75, 3.05) is 11.5 Å². The lowest BCUT2D eigenvalue weighted by atomic mass is 9.83. The maximum atomic E-state index is 5.90. The molecule has 1 fully saturated rings. The summed E-state index contributed by atoms with van der Waals surface area (Å²) in [7, 11) is 0. The molecular weight excluding hydrogens is 186 g/mol. The van der Waals surface area contributed by atoms with Gasteiger partial charge in [-0.25, -0.2) is 4.98 Å². The van der Waals surface area contributed by atoms with Gasteiger partial charge in [0.1, 0.15) is 5.82 Å². The standard InChI is InChI=1S/C12H19N3/c1-8-10(7-15-12(14)11(8)13)9-5-3-2-4-6-9/h7,9H,2-6,13H2,1H3,(H2,14,15). The Bertz CT molecular complexity index is 354. The second-order valence-electron chi connectivity index (χ2n) is 4.47. The van der Waals surface area contributed by atoms with Gasteiger partial charge in [-0.05, 0) is 36.8 Å². The van der Waals surface area contributed by atoms with Crippen LogP contribution in [0.25, 0.3) is 0 Å². The third kappa shape index (κ3) is 1.91. The molecule has 0 spiro atoms. The van der Waals surface area contributed by atoms with Crippen molar-refractivity contribution in [3.8, 4) is 0 Å². The minimum absolute atomic E-state index is 0.465. The molecule has 0 amide bonds. The summed E-state index contributed by atoms with van der Waals surface area (Å²) >= 11 is 0. The van der Waals surface area contributed by atoms with Crippen LogP contribution in [-0.2, 0) is 0 Å². The lowest BCUT2D eigenvalue weighted by Gasteiger charge is -2.24. The van der Waals surface area contributed by atoms with Gasteiger partial charge in [-0.2, -0.15) is 0 Å². The van der Waals surface area contributed by atoms with Crippen LogP contribution in [0.15, 0.2) is 6.20 Å². The maximum absolute atomic E-state index is 5.90. The van der Waals surface area contributed by atoms with E-state index < -0.39 is 0 Å². The molecule has 1 aromatic rings. The molecule has 0 saturated heterocycles. The zero-order valence-electron chi connectivity index (χ0n) is 9.29. The second kappa shape index (κ2) is 4.09. The van der Waals surface area contributed by atoms with Gasteiger partial charge in [0.25, 0.3) is 0 Å². The number of nitrogens with zero attached hydrogens (tertiary/aromatic N) is 1. The van der Waals surface area contributed by atoms with Crippen molar-refractivity contribution in [2.45, 2.75) is 44.9 Å². The molecule has 0 aliphatic heterocycles. The van der Waals surface area contributed by atoms with E-state index in [0.717, 1.165) is 5.56 Å². The highest BCUT2D eigenvalue weighted by Gasteiger charge is 2.19. The van der Waals surface area contributed by atoms with Crippen LogP contribution in [0.3, 0.4) is 0 Å². The van der Waals surface area contributed by atoms with E-state index in [1.165, 1.54) is 37.7 Å². The third-order valence-electron chi connectivity index (χ3n) is 3.50. The van der Waals surface area contributed by atoms with Crippen molar-refractivity contribution in [1.29, 1.82) is 0 Å². The summed E-state index contributed by atoms with van der Waals surface area (Å²) in [5.41, 5.74) is 14.7. The zero-order valence-corrected chi connectivity index (χ0v) is 9.29. The maximum Gasteiger partial charge on any atom is 0.146 e. The first-order valence-corrected chi connectivity index (χ1v) is 5.70. The Morgan fingerprint density at radius 1 is 1.20 bits per heavy atom. The molecular formula is C12H19N3. The predicted octanol–water partition coefficient (Wildman–Crippen LogP) is 2.60. The summed E-state index contributed by atoms with van der Waals surface area (Å²) in [5, 5.41) is 0. The van der Waals surface area contributed by atoms with E-state index in [4.69, 9.17) is 11.5 Å². The van der Waals surface area contributed by atoms with Crippen molar-refractivity contribution in [3.63, 3.8) is 0 Å². The number of nitrogens with two attached hydrogens (primary N) is 2. The highest BCUT2D eigenvalue weighted by molar-refractivity contribution is 5.64. The van der Waals surface area contributed by atoms with Crippen LogP contribution >= 0.6 is 0 Å². The molecule has 1 heterocycles. The molecule has 0 atom stereocenters. The minimum Gasteiger partial charge on any atom is -0.396 e. The van der Waals surface area contributed by atoms with Gasteiger partial charge in [-0.15, -0.1) is 0 Å². The van der Waals surface area contributed by atoms with E-state index in [2.05, 4.69) is 11.9 Å². The molecule has 15 heavy (non-hydrogen) atoms. The summed E-state index contributed by atoms with van der Waals surface area (Å²) in [6.07, 6.45) is 8.48. The Hall–Kier alpha value is -1.25.